The quantitative estimate of drug-likeness (QED) is 0.478. The molecule has 1 aromatic carbocycles. The second-order valence-electron chi connectivity index (χ2n) is 6.32. The summed E-state index contributed by atoms with van der Waals surface area (Å²) in [5.41, 5.74) is 0.792. The van der Waals surface area contributed by atoms with Crippen molar-refractivity contribution in [3.63, 3.8) is 0 Å². The van der Waals surface area contributed by atoms with E-state index in [-0.39, 0.29) is 17.7 Å². The van der Waals surface area contributed by atoms with E-state index < -0.39 is 42.2 Å². The van der Waals surface area contributed by atoms with E-state index >= 15 is 0 Å². The number of fused-ring (bicyclic) bond motifs is 1. The molecule has 1 aliphatic heterocycles. The number of hydrogen-bond donors (Lipinski definition) is 2. The molecule has 0 spiro atoms. The Morgan fingerprint density at radius 3 is 2.30 bits per heavy atom. The Hall–Kier alpha value is -4.08. The lowest BCUT2D eigenvalue weighted by atomic mass is 10.1. The normalized spacial score (nSPS) is 13.4. The Morgan fingerprint density at radius 1 is 1.07 bits per heavy atom. The second kappa shape index (κ2) is 8.95. The molecule has 4 amide bonds. The van der Waals surface area contributed by atoms with Gasteiger partial charge >= 0.3 is 5.97 Å². The Balaban J connectivity index is 1.72. The first-order valence-electron chi connectivity index (χ1n) is 8.91. The lowest BCUT2D eigenvalue weighted by molar-refractivity contribution is -0.141. The van der Waals surface area contributed by atoms with E-state index in [1.54, 1.807) is 24.3 Å². The lowest BCUT2D eigenvalue weighted by Crippen LogP contribution is -2.46. The zero-order chi connectivity index (χ0) is 21.7. The van der Waals surface area contributed by atoms with Crippen LogP contribution in [0.25, 0.3) is 0 Å². The van der Waals surface area contributed by atoms with Crippen molar-refractivity contribution in [3.05, 3.63) is 65.5 Å². The Labute approximate surface area is 171 Å². The molecule has 1 unspecified atom stereocenters. The van der Waals surface area contributed by atoms with Crippen LogP contribution in [0, 0.1) is 0 Å². The minimum absolute atomic E-state index is 0.218. The summed E-state index contributed by atoms with van der Waals surface area (Å²) in [5.74, 6) is -3.24. The second-order valence-corrected chi connectivity index (χ2v) is 6.32. The molecular formula is C20H18N4O6. The van der Waals surface area contributed by atoms with Crippen LogP contribution in [0.4, 0.5) is 0 Å². The molecule has 2 aromatic rings. The maximum Gasteiger partial charge on any atom is 0.325 e. The average Bonchev–Trinajstić information content (AvgIpc) is 3.01. The van der Waals surface area contributed by atoms with E-state index in [9.17, 15) is 24.0 Å². The van der Waals surface area contributed by atoms with Gasteiger partial charge in [0.2, 0.25) is 11.8 Å². The third kappa shape index (κ3) is 4.32. The number of carbonyl (C=O) groups is 5. The van der Waals surface area contributed by atoms with Crippen LogP contribution in [0.1, 0.15) is 32.3 Å². The first kappa shape index (κ1) is 20.6. The molecule has 2 N–H and O–H groups in total. The van der Waals surface area contributed by atoms with Gasteiger partial charge in [-0.2, -0.15) is 0 Å². The monoisotopic (exact) mass is 410 g/mol. The van der Waals surface area contributed by atoms with Gasteiger partial charge in [0.25, 0.3) is 11.8 Å². The molecule has 0 radical (unpaired) electrons. The number of nitrogens with zero attached hydrogens (tertiary/aromatic N) is 2. The van der Waals surface area contributed by atoms with Crippen LogP contribution in [-0.4, -0.2) is 59.7 Å². The number of pyridine rings is 1. The summed E-state index contributed by atoms with van der Waals surface area (Å²) in [6.07, 6.45) is 2.87. The molecule has 1 aromatic heterocycles. The molecule has 10 heteroatoms. The van der Waals surface area contributed by atoms with Crippen LogP contribution >= 0.6 is 0 Å². The average molecular weight is 410 g/mol. The van der Waals surface area contributed by atoms with Gasteiger partial charge in [0.05, 0.1) is 18.2 Å². The predicted molar refractivity (Wildman–Crippen MR) is 102 cm³/mol. The van der Waals surface area contributed by atoms with Crippen LogP contribution in [0.15, 0.2) is 48.8 Å². The Kier molecular flexibility index (Phi) is 6.16. The first-order valence-corrected chi connectivity index (χ1v) is 8.91. The fourth-order valence-electron chi connectivity index (χ4n) is 2.91. The number of imide groups is 1. The third-order valence-electron chi connectivity index (χ3n) is 4.40. The highest BCUT2D eigenvalue weighted by Crippen LogP contribution is 2.22. The van der Waals surface area contributed by atoms with Gasteiger partial charge in [0, 0.05) is 18.0 Å². The van der Waals surface area contributed by atoms with Gasteiger partial charge in [-0.25, -0.2) is 0 Å². The van der Waals surface area contributed by atoms with Crippen molar-refractivity contribution < 1.29 is 28.7 Å². The van der Waals surface area contributed by atoms with Gasteiger partial charge < -0.3 is 15.4 Å². The van der Waals surface area contributed by atoms with Crippen molar-refractivity contribution in [1.29, 1.82) is 0 Å². The fourth-order valence-corrected chi connectivity index (χ4v) is 2.91. The smallest absolute Gasteiger partial charge is 0.325 e. The van der Waals surface area contributed by atoms with E-state index in [4.69, 9.17) is 0 Å². The van der Waals surface area contributed by atoms with Crippen molar-refractivity contribution in [2.75, 3.05) is 20.2 Å². The molecule has 30 heavy (non-hydrogen) atoms. The van der Waals surface area contributed by atoms with E-state index in [2.05, 4.69) is 20.4 Å². The molecule has 10 nitrogen and oxygen atoms in total. The molecule has 1 atom stereocenters. The number of nitrogens with one attached hydrogen (secondary N) is 2. The number of hydrogen-bond acceptors (Lipinski definition) is 7. The number of carbonyl (C=O) groups excluding carboxylic acids is 5. The summed E-state index contributed by atoms with van der Waals surface area (Å²) >= 11 is 0. The van der Waals surface area contributed by atoms with E-state index in [0.29, 0.717) is 5.56 Å². The fraction of sp³-hybridized carbons (Fsp3) is 0.200. The predicted octanol–water partition coefficient (Wildman–Crippen LogP) is -0.176. The van der Waals surface area contributed by atoms with Gasteiger partial charge in [-0.3, -0.25) is 33.9 Å². The lowest BCUT2D eigenvalue weighted by Gasteiger charge is -2.20. The van der Waals surface area contributed by atoms with Crippen LogP contribution in [0.2, 0.25) is 0 Å². The zero-order valence-electron chi connectivity index (χ0n) is 16.0. The Morgan fingerprint density at radius 2 is 1.73 bits per heavy atom. The first-order chi connectivity index (χ1) is 14.4. The summed E-state index contributed by atoms with van der Waals surface area (Å²) < 4.78 is 4.48. The molecule has 0 saturated carbocycles. The number of ether oxygens (including phenoxy) is 1. The van der Waals surface area contributed by atoms with Crippen molar-refractivity contribution >= 4 is 29.6 Å². The SMILES string of the molecule is COC(=O)CNC(=O)C(NC(=O)CN1C(=O)c2ccccc2C1=O)c1cccnc1. The summed E-state index contributed by atoms with van der Waals surface area (Å²) in [4.78, 5) is 66.0. The van der Waals surface area contributed by atoms with Gasteiger partial charge in [-0.1, -0.05) is 18.2 Å². The van der Waals surface area contributed by atoms with Gasteiger partial charge in [0.1, 0.15) is 19.1 Å². The molecule has 154 valence electrons. The van der Waals surface area contributed by atoms with Crippen molar-refractivity contribution in [2.24, 2.45) is 0 Å². The van der Waals surface area contributed by atoms with Crippen LogP contribution in [0.5, 0.6) is 0 Å². The molecule has 1 aliphatic rings. The maximum absolute atomic E-state index is 12.6. The number of rotatable bonds is 7. The minimum atomic E-state index is -1.19. The van der Waals surface area contributed by atoms with Gasteiger partial charge in [-0.15, -0.1) is 0 Å². The number of methoxy groups -OCH3 is 1. The van der Waals surface area contributed by atoms with Crippen molar-refractivity contribution in [2.45, 2.75) is 6.04 Å². The van der Waals surface area contributed by atoms with Gasteiger partial charge in [0.15, 0.2) is 0 Å². The summed E-state index contributed by atoms with van der Waals surface area (Å²) in [6.45, 7) is -0.951. The number of amides is 4. The highest BCUT2D eigenvalue weighted by atomic mass is 16.5. The third-order valence-corrected chi connectivity index (χ3v) is 4.40. The Bertz CT molecular complexity index is 972. The van der Waals surface area contributed by atoms with Crippen LogP contribution < -0.4 is 10.6 Å². The van der Waals surface area contributed by atoms with E-state index in [0.717, 1.165) is 4.90 Å². The molecule has 0 aliphatic carbocycles. The molecular weight excluding hydrogens is 392 g/mol. The minimum Gasteiger partial charge on any atom is -0.468 e. The summed E-state index contributed by atoms with van der Waals surface area (Å²) in [6, 6.07) is 8.21. The largest absolute Gasteiger partial charge is 0.468 e. The number of benzene rings is 1. The van der Waals surface area contributed by atoms with Crippen molar-refractivity contribution in [1.82, 2.24) is 20.5 Å². The molecule has 3 rings (SSSR count). The zero-order valence-corrected chi connectivity index (χ0v) is 16.0. The highest BCUT2D eigenvalue weighted by molar-refractivity contribution is 6.22. The topological polar surface area (TPSA) is 135 Å². The molecule has 0 saturated heterocycles. The molecule has 2 heterocycles. The number of aromatic nitrogens is 1. The standard InChI is InChI=1S/C20H18N4O6/c1-30-16(26)10-22-18(27)17(12-5-4-8-21-9-12)23-15(25)11-24-19(28)13-6-2-3-7-14(13)20(24)29/h2-9,17H,10-11H2,1H3,(H,22,27)(H,23,25). The highest BCUT2D eigenvalue weighted by Gasteiger charge is 2.37. The molecule has 0 bridgehead atoms. The van der Waals surface area contributed by atoms with Crippen LogP contribution in [0.3, 0.4) is 0 Å². The number of esters is 1. The van der Waals surface area contributed by atoms with Crippen molar-refractivity contribution in [3.8, 4) is 0 Å². The molecule has 0 fully saturated rings. The van der Waals surface area contributed by atoms with E-state index in [1.165, 1.54) is 31.6 Å². The maximum atomic E-state index is 12.6. The summed E-state index contributed by atoms with van der Waals surface area (Å²) in [7, 11) is 1.18. The van der Waals surface area contributed by atoms with Crippen LogP contribution in [-0.2, 0) is 19.1 Å². The van der Waals surface area contributed by atoms with E-state index in [1.807, 2.05) is 0 Å². The summed E-state index contributed by atoms with van der Waals surface area (Å²) in [5, 5.41) is 4.84. The van der Waals surface area contributed by atoms with Gasteiger partial charge in [-0.05, 0) is 18.2 Å².